The molecule has 4 rings (SSSR count). The van der Waals surface area contributed by atoms with Crippen LogP contribution in [0.25, 0.3) is 0 Å². The lowest BCUT2D eigenvalue weighted by molar-refractivity contribution is -0.0716. The Hall–Kier alpha value is -1.79. The lowest BCUT2D eigenvalue weighted by Gasteiger charge is -2.21. The minimum atomic E-state index is -0.434. The Morgan fingerprint density at radius 3 is 2.42 bits per heavy atom. The molecule has 4 nitrogen and oxygen atoms in total. The van der Waals surface area contributed by atoms with Crippen molar-refractivity contribution in [3.63, 3.8) is 0 Å². The molecule has 0 saturated heterocycles. The lowest BCUT2D eigenvalue weighted by atomic mass is 10.2. The van der Waals surface area contributed by atoms with Crippen molar-refractivity contribution in [3.05, 3.63) is 46.9 Å². The smallest absolute Gasteiger partial charge is 0.251 e. The third-order valence-corrected chi connectivity index (χ3v) is 4.94. The standard InChI is InChI=1S/C18H17BrN2O2S/c19-12-4-3-5-13(10-12)20-17(24)21-14-6-7-15-16(11-14)23-18(22-15)8-1-2-9-18/h3-7,10-11H,1-2,8-9H2,(H2,20,21,24). The zero-order valence-electron chi connectivity index (χ0n) is 13.0. The van der Waals surface area contributed by atoms with E-state index in [1.165, 1.54) is 0 Å². The van der Waals surface area contributed by atoms with E-state index in [1.807, 2.05) is 42.5 Å². The Labute approximate surface area is 154 Å². The average molecular weight is 405 g/mol. The van der Waals surface area contributed by atoms with Gasteiger partial charge in [-0.2, -0.15) is 0 Å². The number of fused-ring (bicyclic) bond motifs is 1. The van der Waals surface area contributed by atoms with E-state index in [0.717, 1.165) is 53.0 Å². The molecule has 1 spiro atoms. The summed E-state index contributed by atoms with van der Waals surface area (Å²) in [5, 5.41) is 6.88. The summed E-state index contributed by atoms with van der Waals surface area (Å²) in [5.74, 6) is 1.16. The van der Waals surface area contributed by atoms with Crippen LogP contribution in [0, 0.1) is 0 Å². The Morgan fingerprint density at radius 1 is 0.958 bits per heavy atom. The molecule has 0 bridgehead atoms. The monoisotopic (exact) mass is 404 g/mol. The van der Waals surface area contributed by atoms with Gasteiger partial charge < -0.3 is 20.1 Å². The molecule has 0 radical (unpaired) electrons. The van der Waals surface area contributed by atoms with Crippen molar-refractivity contribution < 1.29 is 9.47 Å². The van der Waals surface area contributed by atoms with Crippen LogP contribution in [0.3, 0.4) is 0 Å². The van der Waals surface area contributed by atoms with Gasteiger partial charge in [0.05, 0.1) is 0 Å². The van der Waals surface area contributed by atoms with Crippen LogP contribution in [0.1, 0.15) is 25.7 Å². The van der Waals surface area contributed by atoms with Gasteiger partial charge in [-0.1, -0.05) is 22.0 Å². The molecule has 0 unspecified atom stereocenters. The number of ether oxygens (including phenoxy) is 2. The van der Waals surface area contributed by atoms with Crippen molar-refractivity contribution in [2.45, 2.75) is 31.5 Å². The molecule has 1 fully saturated rings. The predicted molar refractivity (Wildman–Crippen MR) is 103 cm³/mol. The molecule has 0 atom stereocenters. The molecule has 0 amide bonds. The molecule has 2 aromatic carbocycles. The quantitative estimate of drug-likeness (QED) is 0.664. The second-order valence-corrected chi connectivity index (χ2v) is 7.40. The predicted octanol–water partition coefficient (Wildman–Crippen LogP) is 5.30. The van der Waals surface area contributed by atoms with Gasteiger partial charge >= 0.3 is 0 Å². The summed E-state index contributed by atoms with van der Waals surface area (Å²) < 4.78 is 13.1. The van der Waals surface area contributed by atoms with Crippen molar-refractivity contribution in [1.82, 2.24) is 0 Å². The fraction of sp³-hybridized carbons (Fsp3) is 0.278. The van der Waals surface area contributed by atoms with E-state index in [9.17, 15) is 0 Å². The molecule has 1 aliphatic heterocycles. The highest BCUT2D eigenvalue weighted by Crippen LogP contribution is 2.47. The van der Waals surface area contributed by atoms with Crippen LogP contribution >= 0.6 is 28.1 Å². The van der Waals surface area contributed by atoms with Crippen molar-refractivity contribution in [1.29, 1.82) is 0 Å². The molecule has 1 heterocycles. The normalized spacial score (nSPS) is 17.0. The lowest BCUT2D eigenvalue weighted by Crippen LogP contribution is -2.34. The van der Waals surface area contributed by atoms with Crippen molar-refractivity contribution in [2.24, 2.45) is 0 Å². The second-order valence-electron chi connectivity index (χ2n) is 6.07. The van der Waals surface area contributed by atoms with Crippen molar-refractivity contribution >= 4 is 44.6 Å². The van der Waals surface area contributed by atoms with Crippen LogP contribution < -0.4 is 20.1 Å². The first-order valence-electron chi connectivity index (χ1n) is 7.98. The van der Waals surface area contributed by atoms with E-state index in [0.29, 0.717) is 5.11 Å². The number of benzene rings is 2. The number of halogens is 1. The first kappa shape index (κ1) is 15.7. The van der Waals surface area contributed by atoms with E-state index in [4.69, 9.17) is 21.7 Å². The van der Waals surface area contributed by atoms with Crippen molar-refractivity contribution in [3.8, 4) is 11.5 Å². The second kappa shape index (κ2) is 6.26. The number of anilines is 2. The number of hydrogen-bond acceptors (Lipinski definition) is 3. The average Bonchev–Trinajstić information content (AvgIpc) is 3.13. The minimum Gasteiger partial charge on any atom is -0.448 e. The van der Waals surface area contributed by atoms with Crippen LogP contribution in [0.2, 0.25) is 0 Å². The van der Waals surface area contributed by atoms with Gasteiger partial charge in [0.15, 0.2) is 16.6 Å². The van der Waals surface area contributed by atoms with E-state index in [2.05, 4.69) is 26.6 Å². The molecule has 2 aromatic rings. The van der Waals surface area contributed by atoms with Crippen LogP contribution in [-0.4, -0.2) is 10.9 Å². The van der Waals surface area contributed by atoms with Gasteiger partial charge in [-0.15, -0.1) is 0 Å². The number of nitrogens with one attached hydrogen (secondary N) is 2. The van der Waals surface area contributed by atoms with Gasteiger partial charge in [0.1, 0.15) is 0 Å². The zero-order valence-corrected chi connectivity index (χ0v) is 15.4. The summed E-state index contributed by atoms with van der Waals surface area (Å²) in [6, 6.07) is 13.7. The molecular weight excluding hydrogens is 388 g/mol. The highest BCUT2D eigenvalue weighted by Gasteiger charge is 2.44. The van der Waals surface area contributed by atoms with E-state index < -0.39 is 5.79 Å². The molecular formula is C18H17BrN2O2S. The fourth-order valence-electron chi connectivity index (χ4n) is 3.15. The van der Waals surface area contributed by atoms with E-state index >= 15 is 0 Å². The van der Waals surface area contributed by atoms with Crippen LogP contribution in [-0.2, 0) is 0 Å². The Bertz CT molecular complexity index is 790. The summed E-state index contributed by atoms with van der Waals surface area (Å²) in [7, 11) is 0. The van der Waals surface area contributed by atoms with E-state index in [1.54, 1.807) is 0 Å². The van der Waals surface area contributed by atoms with Gasteiger partial charge in [-0.25, -0.2) is 0 Å². The Kier molecular flexibility index (Phi) is 4.10. The van der Waals surface area contributed by atoms with Crippen molar-refractivity contribution in [2.75, 3.05) is 10.6 Å². The first-order valence-corrected chi connectivity index (χ1v) is 9.18. The maximum absolute atomic E-state index is 6.08. The Balaban J connectivity index is 1.44. The summed E-state index contributed by atoms with van der Waals surface area (Å²) in [6.07, 6.45) is 4.21. The summed E-state index contributed by atoms with van der Waals surface area (Å²) in [5.41, 5.74) is 1.80. The number of rotatable bonds is 2. The number of hydrogen-bond donors (Lipinski definition) is 2. The molecule has 1 aliphatic carbocycles. The first-order chi connectivity index (χ1) is 11.6. The van der Waals surface area contributed by atoms with Crippen LogP contribution in [0.4, 0.5) is 11.4 Å². The molecule has 0 aromatic heterocycles. The third kappa shape index (κ3) is 3.21. The highest BCUT2D eigenvalue weighted by atomic mass is 79.9. The summed E-state index contributed by atoms with van der Waals surface area (Å²) in [6.45, 7) is 0. The molecule has 1 saturated carbocycles. The maximum atomic E-state index is 6.08. The largest absolute Gasteiger partial charge is 0.448 e. The zero-order chi connectivity index (χ0) is 16.6. The molecule has 2 N–H and O–H groups in total. The number of thiocarbonyl (C=S) groups is 1. The molecule has 124 valence electrons. The third-order valence-electron chi connectivity index (χ3n) is 4.24. The van der Waals surface area contributed by atoms with Gasteiger partial charge in [0, 0.05) is 34.8 Å². The SMILES string of the molecule is S=C(Nc1cccc(Br)c1)Nc1ccc2c(c1)OC1(CCCC1)O2. The maximum Gasteiger partial charge on any atom is 0.251 e. The topological polar surface area (TPSA) is 42.5 Å². The van der Waals surface area contributed by atoms with Crippen LogP contribution in [0.15, 0.2) is 46.9 Å². The summed E-state index contributed by atoms with van der Waals surface area (Å²) in [4.78, 5) is 0. The molecule has 2 aliphatic rings. The molecule has 24 heavy (non-hydrogen) atoms. The minimum absolute atomic E-state index is 0.434. The van der Waals surface area contributed by atoms with Gasteiger partial charge in [-0.05, 0) is 55.4 Å². The van der Waals surface area contributed by atoms with E-state index in [-0.39, 0.29) is 0 Å². The molecule has 6 heteroatoms. The van der Waals surface area contributed by atoms with Gasteiger partial charge in [0.2, 0.25) is 0 Å². The highest BCUT2D eigenvalue weighted by molar-refractivity contribution is 9.10. The fourth-order valence-corrected chi connectivity index (χ4v) is 3.78. The van der Waals surface area contributed by atoms with Gasteiger partial charge in [0.25, 0.3) is 5.79 Å². The van der Waals surface area contributed by atoms with Gasteiger partial charge in [-0.3, -0.25) is 0 Å². The Morgan fingerprint density at radius 2 is 1.67 bits per heavy atom. The van der Waals surface area contributed by atoms with Crippen LogP contribution in [0.5, 0.6) is 11.5 Å². The summed E-state index contributed by atoms with van der Waals surface area (Å²) >= 11 is 8.83.